The van der Waals surface area contributed by atoms with Gasteiger partial charge in [0.1, 0.15) is 0 Å². The Morgan fingerprint density at radius 1 is 1.22 bits per heavy atom. The number of carbonyl (C=O) groups excluding carboxylic acids is 2. The minimum atomic E-state index is -0.122. The summed E-state index contributed by atoms with van der Waals surface area (Å²) in [4.78, 5) is 27.8. The van der Waals surface area contributed by atoms with Gasteiger partial charge in [-0.3, -0.25) is 9.59 Å². The molecule has 0 aromatic heterocycles. The van der Waals surface area contributed by atoms with E-state index in [0.29, 0.717) is 30.9 Å². The molecule has 0 spiro atoms. The van der Waals surface area contributed by atoms with Crippen molar-refractivity contribution >= 4 is 41.7 Å². The van der Waals surface area contributed by atoms with Crippen LogP contribution in [-0.2, 0) is 11.3 Å². The van der Waals surface area contributed by atoms with Crippen LogP contribution in [0.25, 0.3) is 0 Å². The molecule has 3 rings (SSSR count). The van der Waals surface area contributed by atoms with E-state index in [0.717, 1.165) is 16.9 Å². The highest BCUT2D eigenvalue weighted by molar-refractivity contribution is 8.00. The van der Waals surface area contributed by atoms with E-state index in [-0.39, 0.29) is 29.5 Å². The van der Waals surface area contributed by atoms with Crippen molar-refractivity contribution in [2.24, 2.45) is 5.73 Å². The van der Waals surface area contributed by atoms with Crippen LogP contribution in [0.1, 0.15) is 29.3 Å². The van der Waals surface area contributed by atoms with Crippen molar-refractivity contribution < 1.29 is 9.59 Å². The van der Waals surface area contributed by atoms with E-state index >= 15 is 0 Å². The summed E-state index contributed by atoms with van der Waals surface area (Å²) in [5.41, 5.74) is 8.00. The van der Waals surface area contributed by atoms with Crippen LogP contribution in [0.2, 0.25) is 0 Å². The molecule has 1 atom stereocenters. The first-order valence-electron chi connectivity index (χ1n) is 8.73. The highest BCUT2D eigenvalue weighted by Gasteiger charge is 2.24. The number of nitrogens with two attached hydrogens (primary N) is 1. The van der Waals surface area contributed by atoms with E-state index < -0.39 is 0 Å². The van der Waals surface area contributed by atoms with E-state index in [1.54, 1.807) is 6.07 Å². The molecule has 1 aliphatic rings. The van der Waals surface area contributed by atoms with E-state index in [4.69, 9.17) is 5.73 Å². The molecular formula is C20H24ClN3O2S. The molecule has 5 nitrogen and oxygen atoms in total. The first kappa shape index (κ1) is 21.3. The molecule has 2 aromatic rings. The van der Waals surface area contributed by atoms with Crippen molar-refractivity contribution in [3.05, 3.63) is 59.7 Å². The second-order valence-electron chi connectivity index (χ2n) is 6.31. The van der Waals surface area contributed by atoms with Crippen LogP contribution in [0.5, 0.6) is 0 Å². The normalized spacial score (nSPS) is 15.3. The molecule has 2 aromatic carbocycles. The van der Waals surface area contributed by atoms with Crippen LogP contribution >= 0.6 is 24.2 Å². The predicted molar refractivity (Wildman–Crippen MR) is 112 cm³/mol. The maximum Gasteiger partial charge on any atom is 0.254 e. The zero-order valence-electron chi connectivity index (χ0n) is 15.2. The van der Waals surface area contributed by atoms with Gasteiger partial charge in [0.15, 0.2) is 0 Å². The Morgan fingerprint density at radius 3 is 2.67 bits per heavy atom. The second-order valence-corrected chi connectivity index (χ2v) is 7.70. The Kier molecular flexibility index (Phi) is 7.71. The lowest BCUT2D eigenvalue weighted by atomic mass is 10.1. The van der Waals surface area contributed by atoms with E-state index in [2.05, 4.69) is 5.32 Å². The summed E-state index contributed by atoms with van der Waals surface area (Å²) in [5, 5.41) is 2.76. The average molecular weight is 406 g/mol. The van der Waals surface area contributed by atoms with Crippen LogP contribution in [0, 0.1) is 0 Å². The van der Waals surface area contributed by atoms with Gasteiger partial charge in [-0.2, -0.15) is 0 Å². The lowest BCUT2D eigenvalue weighted by Gasteiger charge is -2.25. The number of anilines is 1. The molecule has 7 heteroatoms. The summed E-state index contributed by atoms with van der Waals surface area (Å²) < 4.78 is 0. The van der Waals surface area contributed by atoms with Crippen molar-refractivity contribution in [3.63, 3.8) is 0 Å². The van der Waals surface area contributed by atoms with Gasteiger partial charge in [-0.1, -0.05) is 30.3 Å². The largest absolute Gasteiger partial charge is 0.334 e. The van der Waals surface area contributed by atoms with Gasteiger partial charge in [0.25, 0.3) is 5.91 Å². The standard InChI is InChI=1S/C20H23N3O2S.ClH/c1-14-19(24)22-17-12-16(8-9-18(17)26-14)20(25)23(11-5-10-21)13-15-6-3-2-4-7-15;/h2-4,6-9,12,14H,5,10-11,13,21H2,1H3,(H,22,24);1H. The quantitative estimate of drug-likeness (QED) is 0.770. The molecule has 0 radical (unpaired) electrons. The zero-order chi connectivity index (χ0) is 18.5. The lowest BCUT2D eigenvalue weighted by Crippen LogP contribution is -2.33. The summed E-state index contributed by atoms with van der Waals surface area (Å²) in [5.74, 6) is -0.0839. The van der Waals surface area contributed by atoms with E-state index in [9.17, 15) is 9.59 Å². The van der Waals surface area contributed by atoms with Gasteiger partial charge in [0, 0.05) is 23.5 Å². The van der Waals surface area contributed by atoms with Gasteiger partial charge in [-0.05, 0) is 43.7 Å². The fraction of sp³-hybridized carbons (Fsp3) is 0.300. The highest BCUT2D eigenvalue weighted by atomic mass is 35.5. The monoisotopic (exact) mass is 405 g/mol. The Balaban J connectivity index is 0.00000261. The number of carbonyl (C=O) groups is 2. The van der Waals surface area contributed by atoms with Crippen molar-refractivity contribution in [3.8, 4) is 0 Å². The van der Waals surface area contributed by atoms with Gasteiger partial charge in [0.2, 0.25) is 5.91 Å². The van der Waals surface area contributed by atoms with Gasteiger partial charge in [-0.25, -0.2) is 0 Å². The minimum absolute atomic E-state index is 0. The summed E-state index contributed by atoms with van der Waals surface area (Å²) in [6.07, 6.45) is 0.744. The number of halogens is 1. The van der Waals surface area contributed by atoms with Crippen LogP contribution in [0.15, 0.2) is 53.4 Å². The number of benzene rings is 2. The maximum absolute atomic E-state index is 13.1. The molecule has 1 aliphatic heterocycles. The number of amides is 2. The Hall–Kier alpha value is -2.02. The summed E-state index contributed by atoms with van der Waals surface area (Å²) >= 11 is 1.51. The lowest BCUT2D eigenvalue weighted by molar-refractivity contribution is -0.115. The molecule has 0 saturated carbocycles. The number of hydrogen-bond acceptors (Lipinski definition) is 4. The first-order valence-corrected chi connectivity index (χ1v) is 9.61. The third kappa shape index (κ3) is 5.25. The van der Waals surface area contributed by atoms with Crippen molar-refractivity contribution in [1.29, 1.82) is 0 Å². The van der Waals surface area contributed by atoms with Gasteiger partial charge >= 0.3 is 0 Å². The van der Waals surface area contributed by atoms with Gasteiger partial charge in [0.05, 0.1) is 10.9 Å². The summed E-state index contributed by atoms with van der Waals surface area (Å²) in [7, 11) is 0. The van der Waals surface area contributed by atoms with Crippen molar-refractivity contribution in [2.75, 3.05) is 18.4 Å². The molecule has 0 bridgehead atoms. The zero-order valence-corrected chi connectivity index (χ0v) is 16.8. The van der Waals surface area contributed by atoms with Crippen molar-refractivity contribution in [2.45, 2.75) is 30.0 Å². The number of hydrogen-bond donors (Lipinski definition) is 2. The molecule has 2 amide bonds. The van der Waals surface area contributed by atoms with Gasteiger partial charge in [-0.15, -0.1) is 24.2 Å². The van der Waals surface area contributed by atoms with Crippen LogP contribution in [-0.4, -0.2) is 35.1 Å². The molecule has 0 aliphatic carbocycles. The molecule has 1 heterocycles. The molecule has 144 valence electrons. The molecule has 3 N–H and O–H groups in total. The number of fused-ring (bicyclic) bond motifs is 1. The fourth-order valence-corrected chi connectivity index (χ4v) is 3.79. The first-order chi connectivity index (χ1) is 12.6. The topological polar surface area (TPSA) is 75.4 Å². The van der Waals surface area contributed by atoms with Crippen LogP contribution < -0.4 is 11.1 Å². The minimum Gasteiger partial charge on any atom is -0.334 e. The van der Waals surface area contributed by atoms with Crippen LogP contribution in [0.3, 0.4) is 0 Å². The third-order valence-electron chi connectivity index (χ3n) is 4.29. The smallest absolute Gasteiger partial charge is 0.254 e. The molecule has 0 saturated heterocycles. The third-order valence-corrected chi connectivity index (χ3v) is 5.47. The Morgan fingerprint density at radius 2 is 1.96 bits per heavy atom. The average Bonchev–Trinajstić information content (AvgIpc) is 2.66. The Bertz CT molecular complexity index is 801. The van der Waals surface area contributed by atoms with Crippen LogP contribution in [0.4, 0.5) is 5.69 Å². The molecular weight excluding hydrogens is 382 g/mol. The van der Waals surface area contributed by atoms with Gasteiger partial charge < -0.3 is 16.0 Å². The maximum atomic E-state index is 13.1. The summed E-state index contributed by atoms with van der Waals surface area (Å²) in [6, 6.07) is 15.4. The van der Waals surface area contributed by atoms with E-state index in [1.807, 2.05) is 54.3 Å². The fourth-order valence-electron chi connectivity index (χ4n) is 2.86. The SMILES string of the molecule is CC1Sc2ccc(C(=O)N(CCCN)Cc3ccccc3)cc2NC1=O.Cl. The number of nitrogens with zero attached hydrogens (tertiary/aromatic N) is 1. The number of rotatable bonds is 6. The number of nitrogens with one attached hydrogen (secondary N) is 1. The predicted octanol–water partition coefficient (Wildman–Crippen LogP) is 3.53. The highest BCUT2D eigenvalue weighted by Crippen LogP contribution is 2.36. The molecule has 1 unspecified atom stereocenters. The number of thioether (sulfide) groups is 1. The van der Waals surface area contributed by atoms with E-state index in [1.165, 1.54) is 11.8 Å². The molecule has 27 heavy (non-hydrogen) atoms. The second kappa shape index (κ2) is 9.78. The summed E-state index contributed by atoms with van der Waals surface area (Å²) in [6.45, 7) is 3.54. The van der Waals surface area contributed by atoms with Crippen molar-refractivity contribution in [1.82, 2.24) is 4.90 Å². The Labute approximate surface area is 170 Å². The molecule has 0 fully saturated rings.